The van der Waals surface area contributed by atoms with E-state index in [0.29, 0.717) is 28.9 Å². The van der Waals surface area contributed by atoms with Gasteiger partial charge in [0.1, 0.15) is 47.3 Å². The third-order valence-electron chi connectivity index (χ3n) is 12.9. The third-order valence-corrected chi connectivity index (χ3v) is 12.9. The molecule has 0 aliphatic rings. The highest BCUT2D eigenvalue weighted by Crippen LogP contribution is 2.41. The van der Waals surface area contributed by atoms with Crippen molar-refractivity contribution in [2.24, 2.45) is 0 Å². The zero-order valence-electron chi connectivity index (χ0n) is 35.5. The monoisotopic (exact) mass is 862 g/mol. The minimum Gasteiger partial charge on any atom is -0.457 e. The fourth-order valence-corrected chi connectivity index (χ4v) is 9.99. The van der Waals surface area contributed by atoms with Gasteiger partial charge in [0.15, 0.2) is 0 Å². The summed E-state index contributed by atoms with van der Waals surface area (Å²) in [7, 11) is 0. The second-order valence-electron chi connectivity index (χ2n) is 16.6. The maximum Gasteiger partial charge on any atom is 0.237 e. The summed E-state index contributed by atoms with van der Waals surface area (Å²) in [6.07, 6.45) is 6.77. The summed E-state index contributed by atoms with van der Waals surface area (Å²) in [4.78, 5) is 23.2. The molecule has 10 heteroatoms. The van der Waals surface area contributed by atoms with Crippen LogP contribution in [0, 0.1) is 0 Å². The maximum absolute atomic E-state index is 6.75. The molecule has 6 aromatic heterocycles. The fraction of sp³-hybridized carbons (Fsp3) is 0. The van der Waals surface area contributed by atoms with Crippen LogP contribution in [0.2, 0.25) is 0 Å². The molecule has 0 amide bonds. The van der Waals surface area contributed by atoms with E-state index in [-0.39, 0.29) is 0 Å². The first-order chi connectivity index (χ1) is 33.2. The average molecular weight is 863 g/mol. The van der Waals surface area contributed by atoms with Crippen LogP contribution in [0.5, 0.6) is 23.0 Å². The highest BCUT2D eigenvalue weighted by molar-refractivity contribution is 6.13. The molecule has 10 nitrogen and oxygen atoms in total. The van der Waals surface area contributed by atoms with E-state index in [9.17, 15) is 0 Å². The van der Waals surface area contributed by atoms with Gasteiger partial charge >= 0.3 is 0 Å². The van der Waals surface area contributed by atoms with E-state index < -0.39 is 0 Å². The first-order valence-corrected chi connectivity index (χ1v) is 22.0. The van der Waals surface area contributed by atoms with Crippen LogP contribution in [0.4, 0.5) is 0 Å². The molecule has 0 N–H and O–H groups in total. The topological polar surface area (TPSA) is 97.7 Å². The predicted octanol–water partition coefficient (Wildman–Crippen LogP) is 13.8. The van der Waals surface area contributed by atoms with Gasteiger partial charge in [-0.1, -0.05) is 84.9 Å². The molecule has 0 bridgehead atoms. The largest absolute Gasteiger partial charge is 0.457 e. The van der Waals surface area contributed by atoms with E-state index in [0.717, 1.165) is 98.6 Å². The standard InChI is InChI=1S/C57H34N8O2/c1-3-11-41-35(9-1)25-27-59-55(41)63-49-15-7-5-13-43(49)45-21-17-37(29-51(45)63)66-39-19-23-47-48-24-20-40(32-54(48)65(53(47)31-39)57-61-33-58-34-62-57)67-38-18-22-46-44-14-6-8-16-50(44)64(52(46)30-38)56-42-12-4-2-10-36(42)26-28-60-56/h1-34H. The van der Waals surface area contributed by atoms with Gasteiger partial charge in [-0.15, -0.1) is 0 Å². The van der Waals surface area contributed by atoms with Gasteiger partial charge in [0.25, 0.3) is 0 Å². The Morgan fingerprint density at radius 1 is 0.299 bits per heavy atom. The van der Waals surface area contributed by atoms with Crippen LogP contribution in [-0.4, -0.2) is 38.6 Å². The Morgan fingerprint density at radius 3 is 1.09 bits per heavy atom. The molecule has 8 aromatic carbocycles. The molecule has 0 saturated carbocycles. The minimum absolute atomic E-state index is 0.478. The fourth-order valence-electron chi connectivity index (χ4n) is 9.99. The molecule has 0 unspecified atom stereocenters. The number of fused-ring (bicyclic) bond motifs is 11. The lowest BCUT2D eigenvalue weighted by atomic mass is 10.1. The van der Waals surface area contributed by atoms with Gasteiger partial charge in [-0.2, -0.15) is 0 Å². The zero-order valence-corrected chi connectivity index (χ0v) is 35.5. The molecular formula is C57H34N8O2. The van der Waals surface area contributed by atoms with E-state index in [2.05, 4.69) is 158 Å². The number of para-hydroxylation sites is 2. The van der Waals surface area contributed by atoms with Gasteiger partial charge in [-0.25, -0.2) is 24.9 Å². The Hall–Kier alpha value is -9.41. The first-order valence-electron chi connectivity index (χ1n) is 22.0. The molecule has 0 saturated heterocycles. The number of nitrogens with zero attached hydrogens (tertiary/aromatic N) is 8. The number of rotatable bonds is 7. The van der Waals surface area contributed by atoms with E-state index in [1.54, 1.807) is 0 Å². The lowest BCUT2D eigenvalue weighted by Crippen LogP contribution is -2.01. The Balaban J connectivity index is 0.873. The van der Waals surface area contributed by atoms with E-state index in [4.69, 9.17) is 19.4 Å². The number of hydrogen-bond donors (Lipinski definition) is 0. The summed E-state index contributed by atoms with van der Waals surface area (Å²) in [6, 6.07) is 62.5. The Bertz CT molecular complexity index is 4040. The second-order valence-corrected chi connectivity index (χ2v) is 16.6. The molecule has 0 aliphatic heterocycles. The van der Waals surface area contributed by atoms with E-state index in [1.165, 1.54) is 12.7 Å². The lowest BCUT2D eigenvalue weighted by Gasteiger charge is -2.12. The van der Waals surface area contributed by atoms with Crippen LogP contribution >= 0.6 is 0 Å². The van der Waals surface area contributed by atoms with Crippen LogP contribution in [0.1, 0.15) is 0 Å². The molecule has 14 rings (SSSR count). The van der Waals surface area contributed by atoms with Gasteiger partial charge in [-0.05, 0) is 83.6 Å². The summed E-state index contributed by atoms with van der Waals surface area (Å²) in [6.45, 7) is 0. The number of aromatic nitrogens is 8. The summed E-state index contributed by atoms with van der Waals surface area (Å²) >= 11 is 0. The van der Waals surface area contributed by atoms with Crippen molar-refractivity contribution in [3.05, 3.63) is 207 Å². The van der Waals surface area contributed by atoms with Crippen LogP contribution in [0.15, 0.2) is 207 Å². The SMILES string of the molecule is c1ccc2c(-n3c4ccccc4c4ccc(Oc5ccc6c7ccc(Oc8ccc9c%10ccccc%10n(-c%10nccc%11ccccc%10%11)c9c8)cc7n(-c7ncncn7)c6c5)cc43)nccc2c1. The smallest absolute Gasteiger partial charge is 0.237 e. The predicted molar refractivity (Wildman–Crippen MR) is 266 cm³/mol. The van der Waals surface area contributed by atoms with Crippen molar-refractivity contribution in [3.63, 3.8) is 0 Å². The van der Waals surface area contributed by atoms with Crippen molar-refractivity contribution in [2.75, 3.05) is 0 Å². The first kappa shape index (κ1) is 37.0. The van der Waals surface area contributed by atoms with Crippen LogP contribution in [0.3, 0.4) is 0 Å². The summed E-state index contributed by atoms with van der Waals surface area (Å²) in [5.41, 5.74) is 5.90. The molecule has 6 heterocycles. The summed E-state index contributed by atoms with van der Waals surface area (Å²) in [5.74, 6) is 4.94. The van der Waals surface area contributed by atoms with Crippen molar-refractivity contribution in [2.45, 2.75) is 0 Å². The normalized spacial score (nSPS) is 11.9. The lowest BCUT2D eigenvalue weighted by molar-refractivity contribution is 0.484. The Morgan fingerprint density at radius 2 is 0.657 bits per heavy atom. The minimum atomic E-state index is 0.478. The van der Waals surface area contributed by atoms with Crippen molar-refractivity contribution in [1.29, 1.82) is 0 Å². The number of benzene rings is 8. The summed E-state index contributed by atoms with van der Waals surface area (Å²) < 4.78 is 20.0. The van der Waals surface area contributed by atoms with Crippen molar-refractivity contribution in [3.8, 4) is 40.6 Å². The van der Waals surface area contributed by atoms with Crippen molar-refractivity contribution in [1.82, 2.24) is 38.6 Å². The second kappa shape index (κ2) is 14.6. The maximum atomic E-state index is 6.75. The molecular weight excluding hydrogens is 829 g/mol. The number of pyridine rings is 2. The van der Waals surface area contributed by atoms with E-state index >= 15 is 0 Å². The molecule has 0 spiro atoms. The molecule has 67 heavy (non-hydrogen) atoms. The average Bonchev–Trinajstić information content (AvgIpc) is 4.00. The van der Waals surface area contributed by atoms with E-state index in [1.807, 2.05) is 65.5 Å². The highest BCUT2D eigenvalue weighted by atomic mass is 16.5. The molecule has 14 aromatic rings. The number of ether oxygens (including phenoxy) is 2. The van der Waals surface area contributed by atoms with Gasteiger partial charge in [0, 0.05) is 79.7 Å². The Labute approximate surface area is 381 Å². The third kappa shape index (κ3) is 5.80. The molecule has 0 radical (unpaired) electrons. The van der Waals surface area contributed by atoms with Crippen molar-refractivity contribution >= 4 is 87.0 Å². The summed E-state index contributed by atoms with van der Waals surface area (Å²) in [5, 5.41) is 11.0. The van der Waals surface area contributed by atoms with Crippen molar-refractivity contribution < 1.29 is 9.47 Å². The van der Waals surface area contributed by atoms with Gasteiger partial charge in [-0.3, -0.25) is 13.7 Å². The van der Waals surface area contributed by atoms with Crippen LogP contribution < -0.4 is 9.47 Å². The van der Waals surface area contributed by atoms with Gasteiger partial charge in [0.2, 0.25) is 5.95 Å². The van der Waals surface area contributed by atoms with Crippen LogP contribution in [0.25, 0.3) is 105 Å². The molecule has 314 valence electrons. The molecule has 0 fully saturated rings. The Kier molecular flexibility index (Phi) is 8.04. The zero-order chi connectivity index (χ0) is 44.0. The van der Waals surface area contributed by atoms with Crippen LogP contribution in [-0.2, 0) is 0 Å². The van der Waals surface area contributed by atoms with Gasteiger partial charge in [0.05, 0.1) is 33.1 Å². The highest BCUT2D eigenvalue weighted by Gasteiger charge is 2.20. The quantitative estimate of drug-likeness (QED) is 0.157. The number of hydrogen-bond acceptors (Lipinski definition) is 7. The molecule has 0 atom stereocenters. The molecule has 0 aliphatic carbocycles. The van der Waals surface area contributed by atoms with Gasteiger partial charge < -0.3 is 9.47 Å².